The third-order valence-electron chi connectivity index (χ3n) is 6.33. The summed E-state index contributed by atoms with van der Waals surface area (Å²) in [6.45, 7) is 2.28. The zero-order valence-corrected chi connectivity index (χ0v) is 15.6. The average molecular weight is 334 g/mol. The average Bonchev–Trinajstić information content (AvgIpc) is 2.69. The Morgan fingerprint density at radius 2 is 1.84 bits per heavy atom. The molecule has 1 aromatic rings. The molecule has 1 fully saturated rings. The van der Waals surface area contributed by atoms with Gasteiger partial charge in [-0.2, -0.15) is 5.26 Å². The predicted molar refractivity (Wildman–Crippen MR) is 106 cm³/mol. The van der Waals surface area contributed by atoms with Crippen LogP contribution in [0.2, 0.25) is 0 Å². The molecule has 0 radical (unpaired) electrons. The summed E-state index contributed by atoms with van der Waals surface area (Å²) < 4.78 is 0. The van der Waals surface area contributed by atoms with Crippen LogP contribution < -0.4 is 0 Å². The molecule has 0 N–H and O–H groups in total. The maximum absolute atomic E-state index is 9.96. The van der Waals surface area contributed by atoms with E-state index in [9.17, 15) is 5.26 Å². The van der Waals surface area contributed by atoms with Crippen LogP contribution in [0.5, 0.6) is 0 Å². The van der Waals surface area contributed by atoms with Gasteiger partial charge in [-0.1, -0.05) is 94.0 Å². The molecule has 2 aliphatic rings. The largest absolute Gasteiger partial charge is 0.197 e. The first-order valence-electron chi connectivity index (χ1n) is 10.1. The Morgan fingerprint density at radius 3 is 2.44 bits per heavy atom. The van der Waals surface area contributed by atoms with Crippen molar-refractivity contribution in [1.29, 1.82) is 5.26 Å². The number of nitrogens with zero attached hydrogens (tertiary/aromatic N) is 1. The summed E-state index contributed by atoms with van der Waals surface area (Å²) in [5, 5.41) is 9.96. The summed E-state index contributed by atoms with van der Waals surface area (Å²) in [5.74, 6) is 1.44. The fourth-order valence-corrected chi connectivity index (χ4v) is 4.62. The van der Waals surface area contributed by atoms with Gasteiger partial charge in [0, 0.05) is 0 Å². The van der Waals surface area contributed by atoms with Gasteiger partial charge in [0.15, 0.2) is 0 Å². The van der Waals surface area contributed by atoms with Crippen LogP contribution in [0.15, 0.2) is 48.6 Å². The molecule has 132 valence electrons. The molecule has 0 aliphatic heterocycles. The van der Waals surface area contributed by atoms with Crippen LogP contribution in [-0.2, 0) is 0 Å². The van der Waals surface area contributed by atoms with E-state index >= 15 is 0 Å². The van der Waals surface area contributed by atoms with Crippen LogP contribution in [0.1, 0.15) is 70.3 Å². The Labute approximate surface area is 153 Å². The van der Waals surface area contributed by atoms with Gasteiger partial charge < -0.3 is 0 Å². The summed E-state index contributed by atoms with van der Waals surface area (Å²) in [4.78, 5) is 0. The smallest absolute Gasteiger partial charge is 0.0819 e. The lowest BCUT2D eigenvalue weighted by Crippen LogP contribution is -2.31. The standard InChI is InChI=1S/C24H31N/c1-2-3-5-8-20-11-13-23(14-12-20)24(19-25)17-15-22(16-18-24)21-9-6-4-7-10-21/h4,6-7,9-10,15-17,20,23H,2-3,5,8,11-14,18H2,1H3/t20?,23?,24-/m0/s1. The highest BCUT2D eigenvalue weighted by molar-refractivity contribution is 5.75. The highest BCUT2D eigenvalue weighted by atomic mass is 14.4. The zero-order valence-electron chi connectivity index (χ0n) is 15.6. The van der Waals surface area contributed by atoms with E-state index in [1.807, 2.05) is 0 Å². The number of hydrogen-bond donors (Lipinski definition) is 0. The lowest BCUT2D eigenvalue weighted by Gasteiger charge is -2.38. The Hall–Kier alpha value is -1.81. The van der Waals surface area contributed by atoms with Crippen LogP contribution in [0.3, 0.4) is 0 Å². The van der Waals surface area contributed by atoms with E-state index in [0.717, 1.165) is 12.3 Å². The van der Waals surface area contributed by atoms with Crippen molar-refractivity contribution in [3.63, 3.8) is 0 Å². The maximum Gasteiger partial charge on any atom is 0.0819 e. The van der Waals surface area contributed by atoms with E-state index < -0.39 is 0 Å². The van der Waals surface area contributed by atoms with Crippen LogP contribution in [0.4, 0.5) is 0 Å². The highest BCUT2D eigenvalue weighted by Gasteiger charge is 2.39. The van der Waals surface area contributed by atoms with Crippen molar-refractivity contribution in [2.45, 2.75) is 64.7 Å². The molecule has 1 heteroatoms. The van der Waals surface area contributed by atoms with Gasteiger partial charge in [0.2, 0.25) is 0 Å². The van der Waals surface area contributed by atoms with Crippen molar-refractivity contribution in [3.05, 3.63) is 54.1 Å². The van der Waals surface area contributed by atoms with Crippen molar-refractivity contribution >= 4 is 5.57 Å². The summed E-state index contributed by atoms with van der Waals surface area (Å²) in [6.07, 6.45) is 18.1. The van der Waals surface area contributed by atoms with Crippen LogP contribution in [0, 0.1) is 28.6 Å². The molecule has 0 amide bonds. The second kappa shape index (κ2) is 8.52. The number of hydrogen-bond acceptors (Lipinski definition) is 1. The molecule has 1 atom stereocenters. The molecule has 1 saturated carbocycles. The van der Waals surface area contributed by atoms with Crippen molar-refractivity contribution in [2.24, 2.45) is 17.3 Å². The predicted octanol–water partition coefficient (Wildman–Crippen LogP) is 6.93. The van der Waals surface area contributed by atoms with E-state index in [2.05, 4.69) is 61.6 Å². The molecule has 0 aromatic heterocycles. The third kappa shape index (κ3) is 4.24. The Bertz CT molecular complexity index is 640. The lowest BCUT2D eigenvalue weighted by molar-refractivity contribution is 0.180. The van der Waals surface area contributed by atoms with Crippen molar-refractivity contribution < 1.29 is 0 Å². The lowest BCUT2D eigenvalue weighted by atomic mass is 9.64. The topological polar surface area (TPSA) is 23.8 Å². The first-order valence-corrected chi connectivity index (χ1v) is 10.1. The number of rotatable bonds is 6. The molecule has 2 aliphatic carbocycles. The van der Waals surface area contributed by atoms with E-state index in [-0.39, 0.29) is 5.41 Å². The Balaban J connectivity index is 1.60. The molecule has 1 aromatic carbocycles. The monoisotopic (exact) mass is 333 g/mol. The molecular weight excluding hydrogens is 302 g/mol. The van der Waals surface area contributed by atoms with Gasteiger partial charge in [-0.05, 0) is 42.2 Å². The number of nitriles is 1. The molecule has 0 heterocycles. The van der Waals surface area contributed by atoms with E-state index in [4.69, 9.17) is 0 Å². The van der Waals surface area contributed by atoms with E-state index in [1.165, 1.54) is 62.5 Å². The molecule has 0 unspecified atom stereocenters. The van der Waals surface area contributed by atoms with Gasteiger partial charge in [-0.25, -0.2) is 0 Å². The van der Waals surface area contributed by atoms with Crippen molar-refractivity contribution in [2.75, 3.05) is 0 Å². The molecule has 3 rings (SSSR count). The molecule has 0 saturated heterocycles. The van der Waals surface area contributed by atoms with E-state index in [0.29, 0.717) is 5.92 Å². The fourth-order valence-electron chi connectivity index (χ4n) is 4.62. The van der Waals surface area contributed by atoms with Gasteiger partial charge >= 0.3 is 0 Å². The second-order valence-corrected chi connectivity index (χ2v) is 7.93. The molecule has 0 bridgehead atoms. The Kier molecular flexibility index (Phi) is 6.14. The highest BCUT2D eigenvalue weighted by Crippen LogP contribution is 2.47. The summed E-state index contributed by atoms with van der Waals surface area (Å²) >= 11 is 0. The summed E-state index contributed by atoms with van der Waals surface area (Å²) in [7, 11) is 0. The number of benzene rings is 1. The van der Waals surface area contributed by atoms with Gasteiger partial charge in [-0.3, -0.25) is 0 Å². The second-order valence-electron chi connectivity index (χ2n) is 7.93. The number of unbranched alkanes of at least 4 members (excludes halogenated alkanes) is 2. The molecule has 1 nitrogen and oxygen atoms in total. The van der Waals surface area contributed by atoms with Crippen molar-refractivity contribution in [1.82, 2.24) is 0 Å². The van der Waals surface area contributed by atoms with Crippen LogP contribution >= 0.6 is 0 Å². The first-order chi connectivity index (χ1) is 12.3. The van der Waals surface area contributed by atoms with Crippen molar-refractivity contribution in [3.8, 4) is 6.07 Å². The fraction of sp³-hybridized carbons (Fsp3) is 0.542. The maximum atomic E-state index is 9.96. The number of allylic oxidation sites excluding steroid dienone is 4. The SMILES string of the molecule is CCCCCC1CCC([C@@]2(C#N)C=CC(c3ccccc3)=CC2)CC1. The minimum atomic E-state index is -0.271. The normalized spacial score (nSPS) is 29.0. The van der Waals surface area contributed by atoms with Gasteiger partial charge in [0.25, 0.3) is 0 Å². The minimum absolute atomic E-state index is 0.271. The molecule has 0 spiro atoms. The molecular formula is C24H31N. The molecule has 25 heavy (non-hydrogen) atoms. The van der Waals surface area contributed by atoms with E-state index in [1.54, 1.807) is 0 Å². The zero-order chi connectivity index (χ0) is 17.5. The minimum Gasteiger partial charge on any atom is -0.197 e. The van der Waals surface area contributed by atoms with Gasteiger partial charge in [0.1, 0.15) is 0 Å². The summed E-state index contributed by atoms with van der Waals surface area (Å²) in [5.41, 5.74) is 2.25. The first kappa shape index (κ1) is 18.0. The summed E-state index contributed by atoms with van der Waals surface area (Å²) in [6, 6.07) is 13.2. The van der Waals surface area contributed by atoms with Crippen LogP contribution in [0.25, 0.3) is 5.57 Å². The quantitative estimate of drug-likeness (QED) is 0.518. The van der Waals surface area contributed by atoms with Gasteiger partial charge in [0.05, 0.1) is 11.5 Å². The van der Waals surface area contributed by atoms with Crippen LogP contribution in [-0.4, -0.2) is 0 Å². The third-order valence-corrected chi connectivity index (χ3v) is 6.33. The Morgan fingerprint density at radius 1 is 1.08 bits per heavy atom. The van der Waals surface area contributed by atoms with Gasteiger partial charge in [-0.15, -0.1) is 0 Å².